The van der Waals surface area contributed by atoms with Crippen LogP contribution in [-0.4, -0.2) is 71.5 Å². The Morgan fingerprint density at radius 1 is 1.17 bits per heavy atom. The average molecular weight is 509 g/mol. The van der Waals surface area contributed by atoms with Crippen LogP contribution in [0.5, 0.6) is 0 Å². The van der Waals surface area contributed by atoms with Crippen LogP contribution in [-0.2, 0) is 19.1 Å². The molecule has 36 heavy (non-hydrogen) atoms. The average Bonchev–Trinajstić information content (AvgIpc) is 3.32. The lowest BCUT2D eigenvalue weighted by Gasteiger charge is -2.41. The third kappa shape index (κ3) is 5.02. The fourth-order valence-corrected chi connectivity index (χ4v) is 5.48. The first-order valence-corrected chi connectivity index (χ1v) is 13.1. The second-order valence-corrected chi connectivity index (χ2v) is 10.1. The van der Waals surface area contributed by atoms with E-state index in [1.54, 1.807) is 17.1 Å². The predicted octanol–water partition coefficient (Wildman–Crippen LogP) is 3.56. The Hall–Kier alpha value is -3.20. The van der Waals surface area contributed by atoms with E-state index in [0.29, 0.717) is 30.2 Å². The monoisotopic (exact) mass is 508 g/mol. The van der Waals surface area contributed by atoms with E-state index in [-0.39, 0.29) is 29.8 Å². The van der Waals surface area contributed by atoms with E-state index < -0.39 is 5.92 Å². The fourth-order valence-electron chi connectivity index (χ4n) is 5.20. The molecule has 8 nitrogen and oxygen atoms in total. The topological polar surface area (TPSA) is 74.7 Å². The van der Waals surface area contributed by atoms with Gasteiger partial charge in [0.15, 0.2) is 11.5 Å². The summed E-state index contributed by atoms with van der Waals surface area (Å²) < 4.78 is 10.8. The summed E-state index contributed by atoms with van der Waals surface area (Å²) in [6, 6.07) is 8.81. The van der Waals surface area contributed by atoms with Crippen LogP contribution in [0.15, 0.2) is 52.9 Å². The van der Waals surface area contributed by atoms with Gasteiger partial charge >= 0.3 is 0 Å². The van der Waals surface area contributed by atoms with Crippen LogP contribution < -0.4 is 4.90 Å². The van der Waals surface area contributed by atoms with E-state index in [0.717, 1.165) is 38.9 Å². The molecular weight excluding hydrogens is 476 g/mol. The van der Waals surface area contributed by atoms with Gasteiger partial charge in [-0.1, -0.05) is 18.6 Å². The molecule has 3 aliphatic heterocycles. The maximum atomic E-state index is 13.0. The number of ether oxygens (including phenoxy) is 2. The number of aryl methyl sites for hydroxylation is 1. The number of hydrogen-bond donors (Lipinski definition) is 0. The van der Waals surface area contributed by atoms with Crippen LogP contribution in [0.1, 0.15) is 38.2 Å². The van der Waals surface area contributed by atoms with E-state index in [1.165, 1.54) is 11.3 Å². The lowest BCUT2D eigenvalue weighted by Crippen LogP contribution is -2.53. The Bertz CT molecular complexity index is 1160. The van der Waals surface area contributed by atoms with E-state index in [1.807, 2.05) is 4.90 Å². The first-order valence-electron chi connectivity index (χ1n) is 12.6. The van der Waals surface area contributed by atoms with Gasteiger partial charge in [0.2, 0.25) is 23.7 Å². The number of rotatable bonds is 7. The van der Waals surface area contributed by atoms with Crippen molar-refractivity contribution in [2.24, 2.45) is 10.9 Å². The Morgan fingerprint density at radius 3 is 2.81 bits per heavy atom. The molecule has 2 unspecified atom stereocenters. The number of allylic oxidation sites excluding steroid dienone is 1. The molecule has 9 heteroatoms. The van der Waals surface area contributed by atoms with Crippen molar-refractivity contribution < 1.29 is 19.1 Å². The van der Waals surface area contributed by atoms with E-state index >= 15 is 0 Å². The standard InChI is InChI=1S/C27H32N4O4S/c1-18-7-6-8-20(13-18)30-12-11-29(16-19(30)2)25(32)9-4-3-5-10-31-26(33)21-14-23-24(35-17-34-23)15-22(21)28-27(31)36/h6-8,13-15,19,21H,3-5,9-12,16-17H2,1-2H3. The Labute approximate surface area is 217 Å². The molecule has 1 aromatic carbocycles. The van der Waals surface area contributed by atoms with Crippen molar-refractivity contribution in [3.8, 4) is 0 Å². The number of amides is 2. The number of anilines is 1. The number of hydrogen-bond acceptors (Lipinski definition) is 6. The molecule has 4 aliphatic rings. The SMILES string of the molecule is Cc1cccc(N2CCN(C(=O)CCCCCN3C(=O)C4C=C5OCOC5=CC4=NC3=S)CC2C)c1. The van der Waals surface area contributed by atoms with Gasteiger partial charge in [-0.15, -0.1) is 0 Å². The summed E-state index contributed by atoms with van der Waals surface area (Å²) in [5.41, 5.74) is 3.07. The van der Waals surface area contributed by atoms with Gasteiger partial charge in [0.1, 0.15) is 5.92 Å². The third-order valence-corrected chi connectivity index (χ3v) is 7.47. The molecule has 0 radical (unpaired) electrons. The van der Waals surface area contributed by atoms with Gasteiger partial charge in [-0.3, -0.25) is 14.5 Å². The summed E-state index contributed by atoms with van der Waals surface area (Å²) in [6.45, 7) is 7.27. The number of carbonyl (C=O) groups excluding carboxylic acids is 2. The van der Waals surface area contributed by atoms with Crippen LogP contribution in [0.4, 0.5) is 5.69 Å². The molecule has 2 atom stereocenters. The molecule has 1 aromatic rings. The van der Waals surface area contributed by atoms with Gasteiger partial charge in [0.05, 0.1) is 5.71 Å². The quantitative estimate of drug-likeness (QED) is 0.414. The van der Waals surface area contributed by atoms with Crippen molar-refractivity contribution in [2.45, 2.75) is 45.6 Å². The zero-order valence-corrected chi connectivity index (χ0v) is 21.6. The Morgan fingerprint density at radius 2 is 2.00 bits per heavy atom. The van der Waals surface area contributed by atoms with Crippen molar-refractivity contribution in [3.63, 3.8) is 0 Å². The molecule has 3 heterocycles. The minimum absolute atomic E-state index is 0.0835. The third-order valence-electron chi connectivity index (χ3n) is 7.16. The van der Waals surface area contributed by atoms with Crippen LogP contribution in [0.3, 0.4) is 0 Å². The molecule has 0 saturated carbocycles. The molecule has 0 bridgehead atoms. The van der Waals surface area contributed by atoms with Crippen LogP contribution in [0.2, 0.25) is 0 Å². The van der Waals surface area contributed by atoms with Gasteiger partial charge in [-0.2, -0.15) is 0 Å². The van der Waals surface area contributed by atoms with Crippen molar-refractivity contribution in [1.29, 1.82) is 0 Å². The van der Waals surface area contributed by atoms with Crippen LogP contribution in [0, 0.1) is 12.8 Å². The molecule has 0 aromatic heterocycles. The minimum atomic E-state index is -0.487. The summed E-state index contributed by atoms with van der Waals surface area (Å²) in [7, 11) is 0. The number of piperazine rings is 1. The zero-order valence-electron chi connectivity index (χ0n) is 20.8. The number of thiocarbonyl (C=S) groups is 1. The summed E-state index contributed by atoms with van der Waals surface area (Å²) >= 11 is 5.39. The van der Waals surface area contributed by atoms with Crippen molar-refractivity contribution in [1.82, 2.24) is 9.80 Å². The molecule has 0 N–H and O–H groups in total. The van der Waals surface area contributed by atoms with Gasteiger partial charge in [0.25, 0.3) is 0 Å². The van der Waals surface area contributed by atoms with Crippen LogP contribution >= 0.6 is 12.2 Å². The summed E-state index contributed by atoms with van der Waals surface area (Å²) in [5.74, 6) is 0.830. The van der Waals surface area contributed by atoms with Gasteiger partial charge in [0, 0.05) is 50.4 Å². The molecular formula is C27H32N4O4S. The fraction of sp³-hybridized carbons (Fsp3) is 0.481. The molecule has 0 spiro atoms. The smallest absolute Gasteiger partial charge is 0.241 e. The Balaban J connectivity index is 1.06. The second kappa shape index (κ2) is 10.4. The minimum Gasteiger partial charge on any atom is -0.454 e. The molecule has 2 saturated heterocycles. The molecule has 1 aliphatic carbocycles. The highest BCUT2D eigenvalue weighted by atomic mass is 32.1. The van der Waals surface area contributed by atoms with Gasteiger partial charge < -0.3 is 19.3 Å². The molecule has 190 valence electrons. The number of nitrogens with zero attached hydrogens (tertiary/aromatic N) is 4. The lowest BCUT2D eigenvalue weighted by molar-refractivity contribution is -0.132. The first kappa shape index (κ1) is 24.5. The summed E-state index contributed by atoms with van der Waals surface area (Å²) in [5, 5.41) is 0.287. The summed E-state index contributed by atoms with van der Waals surface area (Å²) in [6.07, 6.45) is 6.43. The normalized spacial score (nSPS) is 23.3. The maximum Gasteiger partial charge on any atom is 0.241 e. The predicted molar refractivity (Wildman–Crippen MR) is 141 cm³/mol. The first-order chi connectivity index (χ1) is 17.4. The van der Waals surface area contributed by atoms with Crippen molar-refractivity contribution in [2.75, 3.05) is 37.9 Å². The van der Waals surface area contributed by atoms with E-state index in [2.05, 4.69) is 48.0 Å². The van der Waals surface area contributed by atoms with Crippen molar-refractivity contribution in [3.05, 3.63) is 53.5 Å². The highest BCUT2D eigenvalue weighted by molar-refractivity contribution is 7.80. The highest BCUT2D eigenvalue weighted by Crippen LogP contribution is 2.31. The number of aliphatic imine (C=N–C) groups is 1. The maximum absolute atomic E-state index is 13.0. The molecule has 5 rings (SSSR count). The van der Waals surface area contributed by atoms with Gasteiger partial charge in [-0.05, 0) is 62.7 Å². The number of benzene rings is 1. The highest BCUT2D eigenvalue weighted by Gasteiger charge is 2.38. The number of unbranched alkanes of at least 4 members (excludes halogenated alkanes) is 2. The van der Waals surface area contributed by atoms with Crippen LogP contribution in [0.25, 0.3) is 0 Å². The second-order valence-electron chi connectivity index (χ2n) is 9.76. The lowest BCUT2D eigenvalue weighted by atomic mass is 9.93. The van der Waals surface area contributed by atoms with Crippen molar-refractivity contribution >= 4 is 40.5 Å². The largest absolute Gasteiger partial charge is 0.454 e. The number of fused-ring (bicyclic) bond motifs is 2. The number of carbonyl (C=O) groups is 2. The molecule has 2 fully saturated rings. The van der Waals surface area contributed by atoms with E-state index in [4.69, 9.17) is 21.7 Å². The zero-order chi connectivity index (χ0) is 25.2. The molecule has 2 amide bonds. The Kier molecular flexibility index (Phi) is 7.09. The summed E-state index contributed by atoms with van der Waals surface area (Å²) in [4.78, 5) is 36.3. The van der Waals surface area contributed by atoms with Gasteiger partial charge in [-0.25, -0.2) is 4.99 Å². The van der Waals surface area contributed by atoms with E-state index in [9.17, 15) is 9.59 Å².